The molecule has 1 saturated carbocycles. The van der Waals surface area contributed by atoms with Crippen LogP contribution in [0.15, 0.2) is 30.3 Å². The molecule has 0 aromatic heterocycles. The monoisotopic (exact) mass is 543 g/mol. The van der Waals surface area contributed by atoms with E-state index in [1.54, 1.807) is 0 Å². The molecule has 2 aliphatic rings. The molecule has 1 heterocycles. The minimum absolute atomic E-state index is 0.00186. The van der Waals surface area contributed by atoms with E-state index in [2.05, 4.69) is 18.7 Å². The van der Waals surface area contributed by atoms with Gasteiger partial charge in [-0.1, -0.05) is 43.1 Å². The fourth-order valence-corrected chi connectivity index (χ4v) is 5.90. The van der Waals surface area contributed by atoms with Crippen molar-refractivity contribution in [2.45, 2.75) is 44.5 Å². The number of nitrogens with zero attached hydrogens (tertiary/aromatic N) is 2. The number of halogens is 5. The molecule has 2 aromatic rings. The van der Waals surface area contributed by atoms with Gasteiger partial charge in [-0.15, -0.1) is 0 Å². The van der Waals surface area contributed by atoms with Crippen molar-refractivity contribution in [3.8, 4) is 0 Å². The number of nitrogens with two attached hydrogens (primary N) is 1. The Labute approximate surface area is 216 Å². The van der Waals surface area contributed by atoms with Gasteiger partial charge in [-0.3, -0.25) is 9.59 Å². The predicted molar refractivity (Wildman–Crippen MR) is 131 cm³/mol. The third-order valence-corrected chi connectivity index (χ3v) is 7.76. The van der Waals surface area contributed by atoms with Gasteiger partial charge in [0.05, 0.1) is 11.3 Å². The zero-order valence-corrected chi connectivity index (χ0v) is 21.2. The molecule has 1 aliphatic carbocycles. The second kappa shape index (κ2) is 9.52. The highest BCUT2D eigenvalue weighted by Gasteiger charge is 2.57. The molecule has 11 heteroatoms. The number of benzene rings is 2. The fourth-order valence-electron chi connectivity index (χ4n) is 5.36. The van der Waals surface area contributed by atoms with E-state index in [1.165, 1.54) is 18.2 Å². The maximum Gasteiger partial charge on any atom is 0.416 e. The maximum atomic E-state index is 14.3. The van der Waals surface area contributed by atoms with Gasteiger partial charge >= 0.3 is 6.18 Å². The van der Waals surface area contributed by atoms with Gasteiger partial charge in [0, 0.05) is 39.3 Å². The number of alkyl halides is 3. The largest absolute Gasteiger partial charge is 0.416 e. The summed E-state index contributed by atoms with van der Waals surface area (Å²) in [5.74, 6) is -2.05. The van der Waals surface area contributed by atoms with Crippen LogP contribution in [-0.2, 0) is 16.6 Å². The molecule has 0 spiro atoms. The van der Waals surface area contributed by atoms with Crippen LogP contribution in [0.4, 0.5) is 18.9 Å². The normalized spacial score (nSPS) is 23.7. The van der Waals surface area contributed by atoms with Crippen molar-refractivity contribution in [2.24, 2.45) is 11.7 Å². The average Bonchev–Trinajstić information content (AvgIpc) is 2.98. The van der Waals surface area contributed by atoms with E-state index in [0.29, 0.717) is 12.1 Å². The topological polar surface area (TPSA) is 86.9 Å². The van der Waals surface area contributed by atoms with Gasteiger partial charge in [-0.2, -0.15) is 13.2 Å². The van der Waals surface area contributed by atoms with Crippen molar-refractivity contribution in [2.75, 3.05) is 24.5 Å². The van der Waals surface area contributed by atoms with Gasteiger partial charge in [0.2, 0.25) is 5.91 Å². The number of anilines is 1. The molecule has 1 atom stereocenters. The minimum atomic E-state index is -5.00. The number of rotatable bonds is 7. The Morgan fingerprint density at radius 3 is 2.36 bits per heavy atom. The van der Waals surface area contributed by atoms with Gasteiger partial charge in [0.25, 0.3) is 5.91 Å². The number of fused-ring (bicyclic) bond motifs is 1. The first kappa shape index (κ1) is 26.7. The van der Waals surface area contributed by atoms with Crippen LogP contribution in [-0.4, -0.2) is 47.5 Å². The molecule has 0 radical (unpaired) electrons. The number of hydrogen-bond donors (Lipinski definition) is 2. The standard InChI is InChI=1S/C25H26Cl2F3N3O3/c1-3-32(4-2)16-7-13(8-16)12-33-20-10-14(22(31)34)9-18(25(28,29)30)21(20)24(36,23(33)35)17-6-5-15(26)11-19(17)27/h5-6,9-11,13,16,36H,3-4,7-8,12H2,1-2H3,(H2,31,34). The number of carbonyl (C=O) groups is 2. The fraction of sp³-hybridized carbons (Fsp3) is 0.440. The summed E-state index contributed by atoms with van der Waals surface area (Å²) in [6.45, 7) is 5.92. The number of hydrogen-bond acceptors (Lipinski definition) is 4. The predicted octanol–water partition coefficient (Wildman–Crippen LogP) is 4.81. The van der Waals surface area contributed by atoms with E-state index in [9.17, 15) is 27.9 Å². The maximum absolute atomic E-state index is 14.3. The van der Waals surface area contributed by atoms with Crippen LogP contribution >= 0.6 is 23.2 Å². The van der Waals surface area contributed by atoms with Crippen molar-refractivity contribution in [1.29, 1.82) is 0 Å². The molecule has 194 valence electrons. The van der Waals surface area contributed by atoms with Crippen molar-refractivity contribution in [3.05, 3.63) is 62.6 Å². The van der Waals surface area contributed by atoms with Gasteiger partial charge in [0.1, 0.15) is 0 Å². The lowest BCUT2D eigenvalue weighted by Gasteiger charge is -2.43. The first-order valence-electron chi connectivity index (χ1n) is 11.6. The smallest absolute Gasteiger partial charge is 0.372 e. The van der Waals surface area contributed by atoms with E-state index >= 15 is 0 Å². The Kier molecular flexibility index (Phi) is 7.07. The molecule has 2 amide bonds. The second-order valence-electron chi connectivity index (χ2n) is 9.24. The first-order chi connectivity index (χ1) is 16.8. The summed E-state index contributed by atoms with van der Waals surface area (Å²) in [6.07, 6.45) is -3.49. The first-order valence-corrected chi connectivity index (χ1v) is 12.4. The molecule has 36 heavy (non-hydrogen) atoms. The lowest BCUT2D eigenvalue weighted by Crippen LogP contribution is -2.50. The highest BCUT2D eigenvalue weighted by molar-refractivity contribution is 6.35. The van der Waals surface area contributed by atoms with Crippen LogP contribution in [0, 0.1) is 5.92 Å². The highest BCUT2D eigenvalue weighted by atomic mass is 35.5. The molecular weight excluding hydrogens is 518 g/mol. The minimum Gasteiger partial charge on any atom is -0.372 e. The number of aliphatic hydroxyl groups is 1. The van der Waals surface area contributed by atoms with Crippen LogP contribution < -0.4 is 10.6 Å². The molecule has 4 rings (SSSR count). The van der Waals surface area contributed by atoms with Gasteiger partial charge in [-0.05, 0) is 56.1 Å². The quantitative estimate of drug-likeness (QED) is 0.524. The van der Waals surface area contributed by atoms with Gasteiger partial charge in [0.15, 0.2) is 5.60 Å². The summed E-state index contributed by atoms with van der Waals surface area (Å²) in [5, 5.41) is 11.8. The van der Waals surface area contributed by atoms with E-state index < -0.39 is 40.3 Å². The molecule has 2 aromatic carbocycles. The van der Waals surface area contributed by atoms with E-state index in [4.69, 9.17) is 28.9 Å². The number of primary amides is 1. The van der Waals surface area contributed by atoms with Crippen molar-refractivity contribution < 1.29 is 27.9 Å². The molecule has 6 nitrogen and oxygen atoms in total. The van der Waals surface area contributed by atoms with Crippen molar-refractivity contribution in [3.63, 3.8) is 0 Å². The molecule has 1 fully saturated rings. The molecule has 1 unspecified atom stereocenters. The SMILES string of the molecule is CCN(CC)C1CC(CN2C(=O)C(O)(c3ccc(Cl)cc3Cl)c3c2cc(C(N)=O)cc3C(F)(F)F)C1. The summed E-state index contributed by atoms with van der Waals surface area (Å²) in [4.78, 5) is 29.1. The Hall–Kier alpha value is -2.33. The molecule has 3 N–H and O–H groups in total. The highest BCUT2D eigenvalue weighted by Crippen LogP contribution is 2.52. The molecule has 0 bridgehead atoms. The Morgan fingerprint density at radius 2 is 1.83 bits per heavy atom. The Bertz CT molecular complexity index is 1210. The summed E-state index contributed by atoms with van der Waals surface area (Å²) in [5.41, 5.74) is -0.257. The summed E-state index contributed by atoms with van der Waals surface area (Å²) >= 11 is 12.2. The lowest BCUT2D eigenvalue weighted by atomic mass is 9.78. The van der Waals surface area contributed by atoms with Crippen LogP contribution in [0.1, 0.15) is 53.7 Å². The van der Waals surface area contributed by atoms with Gasteiger partial charge in [-0.25, -0.2) is 0 Å². The van der Waals surface area contributed by atoms with Crippen molar-refractivity contribution in [1.82, 2.24) is 4.90 Å². The molecule has 0 saturated heterocycles. The third kappa shape index (κ3) is 4.36. The average molecular weight is 544 g/mol. The number of carbonyl (C=O) groups excluding carboxylic acids is 2. The summed E-state index contributed by atoms with van der Waals surface area (Å²) in [6, 6.07) is 5.83. The van der Waals surface area contributed by atoms with Crippen LogP contribution in [0.5, 0.6) is 0 Å². The lowest BCUT2D eigenvalue weighted by molar-refractivity contribution is -0.142. The Morgan fingerprint density at radius 1 is 1.19 bits per heavy atom. The number of amides is 2. The molecular formula is C25H26Cl2F3N3O3. The Balaban J connectivity index is 1.86. The van der Waals surface area contributed by atoms with Crippen LogP contribution in [0.2, 0.25) is 10.0 Å². The zero-order chi connectivity index (χ0) is 26.6. The van der Waals surface area contributed by atoms with E-state index in [0.717, 1.165) is 36.9 Å². The molecule has 1 aliphatic heterocycles. The van der Waals surface area contributed by atoms with Gasteiger partial charge < -0.3 is 20.6 Å². The van der Waals surface area contributed by atoms with E-state index in [1.807, 2.05) is 0 Å². The third-order valence-electron chi connectivity index (χ3n) is 7.22. The second-order valence-corrected chi connectivity index (χ2v) is 10.1. The van der Waals surface area contributed by atoms with Crippen LogP contribution in [0.3, 0.4) is 0 Å². The summed E-state index contributed by atoms with van der Waals surface area (Å²) in [7, 11) is 0. The van der Waals surface area contributed by atoms with Crippen LogP contribution in [0.25, 0.3) is 0 Å². The van der Waals surface area contributed by atoms with E-state index in [-0.39, 0.29) is 33.8 Å². The summed E-state index contributed by atoms with van der Waals surface area (Å²) < 4.78 is 42.8. The zero-order valence-electron chi connectivity index (χ0n) is 19.7. The van der Waals surface area contributed by atoms with Crippen molar-refractivity contribution >= 4 is 40.7 Å².